The molecule has 1 fully saturated rings. The van der Waals surface area contributed by atoms with Gasteiger partial charge in [-0.25, -0.2) is 0 Å². The zero-order valence-electron chi connectivity index (χ0n) is 15.8. The monoisotopic (exact) mass is 388 g/mol. The minimum absolute atomic E-state index is 0.0383. The molecular weight excluding hydrogens is 368 g/mol. The normalized spacial score (nSPS) is 18.1. The molecule has 0 aromatic heterocycles. The van der Waals surface area contributed by atoms with E-state index in [0.717, 1.165) is 16.5 Å². The van der Waals surface area contributed by atoms with Gasteiger partial charge in [-0.1, -0.05) is 36.4 Å². The molecule has 0 saturated carbocycles. The van der Waals surface area contributed by atoms with E-state index in [1.807, 2.05) is 42.5 Å². The van der Waals surface area contributed by atoms with Gasteiger partial charge in [0.2, 0.25) is 11.8 Å². The summed E-state index contributed by atoms with van der Waals surface area (Å²) in [6.45, 7) is 1.37. The average molecular weight is 388 g/mol. The number of nitrogens with one attached hydrogen (secondary N) is 1. The highest BCUT2D eigenvalue weighted by Gasteiger charge is 2.35. The molecule has 6 nitrogen and oxygen atoms in total. The van der Waals surface area contributed by atoms with Crippen LogP contribution in [0, 0.1) is 5.92 Å². The molecule has 29 heavy (non-hydrogen) atoms. The summed E-state index contributed by atoms with van der Waals surface area (Å²) in [5, 5.41) is 4.99. The van der Waals surface area contributed by atoms with Crippen LogP contribution in [0.4, 0.5) is 11.4 Å². The zero-order valence-corrected chi connectivity index (χ0v) is 15.8. The Bertz CT molecular complexity index is 1110. The molecule has 0 aliphatic carbocycles. The number of carbonyl (C=O) groups is 2. The first-order chi connectivity index (χ1) is 14.2. The molecule has 1 atom stereocenters. The Balaban J connectivity index is 1.34. The third-order valence-electron chi connectivity index (χ3n) is 5.36. The van der Waals surface area contributed by atoms with Gasteiger partial charge >= 0.3 is 0 Å². The molecule has 3 aromatic carbocycles. The number of benzene rings is 3. The molecule has 0 unspecified atom stereocenters. The Morgan fingerprint density at radius 1 is 0.966 bits per heavy atom. The molecule has 0 bridgehead atoms. The summed E-state index contributed by atoms with van der Waals surface area (Å²) in [7, 11) is 0. The third-order valence-corrected chi connectivity index (χ3v) is 5.36. The average Bonchev–Trinajstić information content (AvgIpc) is 3.15. The summed E-state index contributed by atoms with van der Waals surface area (Å²) in [4.78, 5) is 27.2. The van der Waals surface area contributed by atoms with E-state index in [2.05, 4.69) is 5.32 Å². The number of rotatable bonds is 3. The highest BCUT2D eigenvalue weighted by atomic mass is 16.6. The first kappa shape index (κ1) is 17.6. The SMILES string of the molecule is O=C(Nc1ccc2c(c1)OCCO2)[C@@H]1CC(=O)N(c2cccc3ccccc23)C1. The third kappa shape index (κ3) is 3.27. The van der Waals surface area contributed by atoms with E-state index in [0.29, 0.717) is 36.9 Å². The Kier molecular flexibility index (Phi) is 4.31. The van der Waals surface area contributed by atoms with E-state index in [-0.39, 0.29) is 18.2 Å². The number of carbonyl (C=O) groups excluding carboxylic acids is 2. The molecule has 146 valence electrons. The Morgan fingerprint density at radius 2 is 1.76 bits per heavy atom. The van der Waals surface area contributed by atoms with Gasteiger partial charge in [0.05, 0.1) is 11.6 Å². The summed E-state index contributed by atoms with van der Waals surface area (Å²) < 4.78 is 11.1. The van der Waals surface area contributed by atoms with Crippen LogP contribution in [-0.4, -0.2) is 31.6 Å². The van der Waals surface area contributed by atoms with Crippen molar-refractivity contribution in [2.75, 3.05) is 30.0 Å². The second kappa shape index (κ2) is 7.13. The van der Waals surface area contributed by atoms with Crippen LogP contribution >= 0.6 is 0 Å². The Morgan fingerprint density at radius 3 is 2.66 bits per heavy atom. The van der Waals surface area contributed by atoms with E-state index in [1.54, 1.807) is 23.1 Å². The van der Waals surface area contributed by atoms with Crippen molar-refractivity contribution in [3.8, 4) is 11.5 Å². The van der Waals surface area contributed by atoms with Crippen molar-refractivity contribution in [2.24, 2.45) is 5.92 Å². The summed E-state index contributed by atoms with van der Waals surface area (Å²) in [5.74, 6) is 0.678. The van der Waals surface area contributed by atoms with Crippen LogP contribution in [0.2, 0.25) is 0 Å². The zero-order chi connectivity index (χ0) is 19.8. The number of hydrogen-bond acceptors (Lipinski definition) is 4. The first-order valence-electron chi connectivity index (χ1n) is 9.68. The maximum Gasteiger partial charge on any atom is 0.229 e. The van der Waals surface area contributed by atoms with Crippen LogP contribution in [0.1, 0.15) is 6.42 Å². The maximum absolute atomic E-state index is 12.8. The van der Waals surface area contributed by atoms with Gasteiger partial charge in [-0.05, 0) is 23.6 Å². The minimum Gasteiger partial charge on any atom is -0.486 e. The highest BCUT2D eigenvalue weighted by Crippen LogP contribution is 2.34. The molecule has 3 aromatic rings. The number of anilines is 2. The van der Waals surface area contributed by atoms with Crippen molar-refractivity contribution in [3.05, 3.63) is 60.7 Å². The lowest BCUT2D eigenvalue weighted by atomic mass is 10.1. The summed E-state index contributed by atoms with van der Waals surface area (Å²) >= 11 is 0. The van der Waals surface area contributed by atoms with E-state index < -0.39 is 5.92 Å². The topological polar surface area (TPSA) is 67.9 Å². The number of hydrogen-bond donors (Lipinski definition) is 1. The van der Waals surface area contributed by atoms with Gasteiger partial charge in [0.25, 0.3) is 0 Å². The van der Waals surface area contributed by atoms with Crippen molar-refractivity contribution in [3.63, 3.8) is 0 Å². The van der Waals surface area contributed by atoms with E-state index in [1.165, 1.54) is 0 Å². The van der Waals surface area contributed by atoms with Crippen molar-refractivity contribution < 1.29 is 19.1 Å². The van der Waals surface area contributed by atoms with Gasteiger partial charge < -0.3 is 19.7 Å². The van der Waals surface area contributed by atoms with Gasteiger partial charge in [-0.3, -0.25) is 9.59 Å². The summed E-state index contributed by atoms with van der Waals surface area (Å²) in [6.07, 6.45) is 0.194. The van der Waals surface area contributed by atoms with Gasteiger partial charge in [0, 0.05) is 30.1 Å². The van der Waals surface area contributed by atoms with Gasteiger partial charge in [-0.15, -0.1) is 0 Å². The van der Waals surface area contributed by atoms with E-state index in [4.69, 9.17) is 9.47 Å². The molecular formula is C23H20N2O4. The predicted octanol–water partition coefficient (Wildman–Crippen LogP) is 3.60. The first-order valence-corrected chi connectivity index (χ1v) is 9.68. The minimum atomic E-state index is -0.408. The smallest absolute Gasteiger partial charge is 0.229 e. The number of nitrogens with zero attached hydrogens (tertiary/aromatic N) is 1. The number of amides is 2. The van der Waals surface area contributed by atoms with Crippen molar-refractivity contribution >= 4 is 34.0 Å². The van der Waals surface area contributed by atoms with Gasteiger partial charge in [0.15, 0.2) is 11.5 Å². The molecule has 1 saturated heterocycles. The van der Waals surface area contributed by atoms with Crippen LogP contribution in [0.15, 0.2) is 60.7 Å². The second-order valence-corrected chi connectivity index (χ2v) is 7.25. The summed E-state index contributed by atoms with van der Waals surface area (Å²) in [5.41, 5.74) is 1.48. The summed E-state index contributed by atoms with van der Waals surface area (Å²) in [6, 6.07) is 19.2. The Hall–Kier alpha value is -3.54. The molecule has 0 radical (unpaired) electrons. The second-order valence-electron chi connectivity index (χ2n) is 7.25. The molecule has 0 spiro atoms. The lowest BCUT2D eigenvalue weighted by molar-refractivity contribution is -0.122. The molecule has 2 amide bonds. The molecule has 2 aliphatic rings. The predicted molar refractivity (Wildman–Crippen MR) is 110 cm³/mol. The molecule has 1 N–H and O–H groups in total. The maximum atomic E-state index is 12.8. The Labute approximate surface area is 168 Å². The standard InChI is InChI=1S/C23H20N2O4/c26-22-12-16(14-25(22)19-7-3-5-15-4-1-2-6-18(15)19)23(27)24-17-8-9-20-21(13-17)29-11-10-28-20/h1-9,13,16H,10-12,14H2,(H,24,27)/t16-/m1/s1. The fraction of sp³-hybridized carbons (Fsp3) is 0.217. The fourth-order valence-corrected chi connectivity index (χ4v) is 3.93. The van der Waals surface area contributed by atoms with Gasteiger partial charge in [-0.2, -0.15) is 0 Å². The lowest BCUT2D eigenvalue weighted by Crippen LogP contribution is -2.28. The van der Waals surface area contributed by atoms with Crippen LogP contribution in [0.3, 0.4) is 0 Å². The largest absolute Gasteiger partial charge is 0.486 e. The van der Waals surface area contributed by atoms with Gasteiger partial charge in [0.1, 0.15) is 13.2 Å². The molecule has 2 aliphatic heterocycles. The van der Waals surface area contributed by atoms with Crippen LogP contribution in [0.25, 0.3) is 10.8 Å². The van der Waals surface area contributed by atoms with Crippen LogP contribution in [-0.2, 0) is 9.59 Å². The molecule has 6 heteroatoms. The number of ether oxygens (including phenoxy) is 2. The fourth-order valence-electron chi connectivity index (χ4n) is 3.93. The highest BCUT2D eigenvalue weighted by molar-refractivity contribution is 6.08. The van der Waals surface area contributed by atoms with E-state index >= 15 is 0 Å². The van der Waals surface area contributed by atoms with Crippen molar-refractivity contribution in [1.29, 1.82) is 0 Å². The van der Waals surface area contributed by atoms with Crippen molar-refractivity contribution in [2.45, 2.75) is 6.42 Å². The van der Waals surface area contributed by atoms with Crippen LogP contribution < -0.4 is 19.7 Å². The quantitative estimate of drug-likeness (QED) is 0.744. The number of fused-ring (bicyclic) bond motifs is 2. The molecule has 5 rings (SSSR count). The van der Waals surface area contributed by atoms with Crippen LogP contribution in [0.5, 0.6) is 11.5 Å². The van der Waals surface area contributed by atoms with E-state index in [9.17, 15) is 9.59 Å². The molecule has 2 heterocycles. The lowest BCUT2D eigenvalue weighted by Gasteiger charge is -2.20. The van der Waals surface area contributed by atoms with Crippen molar-refractivity contribution in [1.82, 2.24) is 0 Å².